The second-order valence-corrected chi connectivity index (χ2v) is 7.23. The molecular weight excluding hydrogens is 294 g/mol. The average Bonchev–Trinajstić information content (AvgIpc) is 2.90. The van der Waals surface area contributed by atoms with E-state index in [0.29, 0.717) is 18.3 Å². The molecule has 0 saturated carbocycles. The molecule has 0 spiro atoms. The molecule has 1 atom stereocenters. The van der Waals surface area contributed by atoms with Gasteiger partial charge in [0.05, 0.1) is 9.82 Å². The second-order valence-electron chi connectivity index (χ2n) is 5.22. The maximum absolute atomic E-state index is 11.5. The average molecular weight is 313 g/mol. The summed E-state index contributed by atoms with van der Waals surface area (Å²) in [5.74, 6) is 0. The Kier molecular flexibility index (Phi) is 4.79. The number of anilines is 1. The summed E-state index contributed by atoms with van der Waals surface area (Å²) < 4.78 is 22.9. The predicted molar refractivity (Wildman–Crippen MR) is 80.3 cm³/mol. The first-order valence-electron chi connectivity index (χ1n) is 6.83. The molecular formula is C13H19N3O4S. The normalized spacial score (nSPS) is 18.6. The monoisotopic (exact) mass is 313 g/mol. The Bertz CT molecular complexity index is 624. The van der Waals surface area contributed by atoms with Gasteiger partial charge in [0, 0.05) is 24.9 Å². The summed E-state index contributed by atoms with van der Waals surface area (Å²) in [7, 11) is -3.45. The van der Waals surface area contributed by atoms with Crippen LogP contribution < -0.4 is 10.6 Å². The van der Waals surface area contributed by atoms with E-state index >= 15 is 0 Å². The van der Waals surface area contributed by atoms with Crippen LogP contribution in [-0.2, 0) is 9.84 Å². The first kappa shape index (κ1) is 15.7. The van der Waals surface area contributed by atoms with Crippen molar-refractivity contribution in [3.8, 4) is 0 Å². The molecule has 1 aromatic rings. The van der Waals surface area contributed by atoms with E-state index in [1.54, 1.807) is 0 Å². The maximum Gasteiger partial charge on any atom is 0.293 e. The number of nitro benzene ring substituents is 1. The third-order valence-corrected chi connectivity index (χ3v) is 4.67. The zero-order valence-electron chi connectivity index (χ0n) is 11.8. The first-order valence-corrected chi connectivity index (χ1v) is 8.73. The summed E-state index contributed by atoms with van der Waals surface area (Å²) in [6.45, 7) is 1.63. The SMILES string of the molecule is CS(=O)(=O)c1ccc(NCC[C@H]2CCCN2)c([N+](=O)[O-])c1. The van der Waals surface area contributed by atoms with Crippen LogP contribution in [-0.4, -0.2) is 38.7 Å². The minimum absolute atomic E-state index is 0.0443. The second kappa shape index (κ2) is 6.40. The van der Waals surface area contributed by atoms with Crippen LogP contribution in [0.2, 0.25) is 0 Å². The zero-order valence-corrected chi connectivity index (χ0v) is 12.6. The maximum atomic E-state index is 11.5. The summed E-state index contributed by atoms with van der Waals surface area (Å²) in [5, 5.41) is 17.5. The number of nitrogens with one attached hydrogen (secondary N) is 2. The largest absolute Gasteiger partial charge is 0.379 e. The standard InChI is InChI=1S/C13H19N3O4S/c1-21(19,20)11-4-5-12(13(9-11)16(17)18)15-8-6-10-3-2-7-14-10/h4-5,9-10,14-15H,2-3,6-8H2,1H3/t10-/m1/s1. The Morgan fingerprint density at radius 1 is 1.48 bits per heavy atom. The van der Waals surface area contributed by atoms with Crippen LogP contribution in [0.25, 0.3) is 0 Å². The summed E-state index contributed by atoms with van der Waals surface area (Å²) in [6, 6.07) is 4.40. The van der Waals surface area contributed by atoms with Crippen LogP contribution in [0.3, 0.4) is 0 Å². The summed E-state index contributed by atoms with van der Waals surface area (Å²) in [5.41, 5.74) is 0.141. The molecule has 116 valence electrons. The van der Waals surface area contributed by atoms with Crippen LogP contribution in [0.15, 0.2) is 23.1 Å². The van der Waals surface area contributed by atoms with Crippen molar-refractivity contribution in [3.63, 3.8) is 0 Å². The molecule has 0 radical (unpaired) electrons. The highest BCUT2D eigenvalue weighted by Crippen LogP contribution is 2.27. The van der Waals surface area contributed by atoms with E-state index in [1.165, 1.54) is 12.1 Å². The molecule has 21 heavy (non-hydrogen) atoms. The number of hydrogen-bond donors (Lipinski definition) is 2. The highest BCUT2D eigenvalue weighted by molar-refractivity contribution is 7.90. The first-order chi connectivity index (χ1) is 9.88. The van der Waals surface area contributed by atoms with E-state index in [-0.39, 0.29) is 10.6 Å². The van der Waals surface area contributed by atoms with Crippen LogP contribution in [0, 0.1) is 10.1 Å². The van der Waals surface area contributed by atoms with Crippen molar-refractivity contribution in [2.24, 2.45) is 0 Å². The lowest BCUT2D eigenvalue weighted by Gasteiger charge is -2.12. The lowest BCUT2D eigenvalue weighted by atomic mass is 10.1. The molecule has 1 aliphatic rings. The Labute approximate surface area is 123 Å². The molecule has 0 aliphatic carbocycles. The van der Waals surface area contributed by atoms with E-state index in [4.69, 9.17) is 0 Å². The van der Waals surface area contributed by atoms with Crippen LogP contribution >= 0.6 is 0 Å². The van der Waals surface area contributed by atoms with Crippen molar-refractivity contribution < 1.29 is 13.3 Å². The van der Waals surface area contributed by atoms with E-state index in [9.17, 15) is 18.5 Å². The number of rotatable bonds is 6. The van der Waals surface area contributed by atoms with Gasteiger partial charge in [-0.2, -0.15) is 0 Å². The molecule has 0 unspecified atom stereocenters. The van der Waals surface area contributed by atoms with Crippen LogP contribution in [0.1, 0.15) is 19.3 Å². The Balaban J connectivity index is 2.09. The van der Waals surface area contributed by atoms with Crippen molar-refractivity contribution in [2.45, 2.75) is 30.2 Å². The summed E-state index contributed by atoms with van der Waals surface area (Å²) >= 11 is 0. The summed E-state index contributed by atoms with van der Waals surface area (Å²) in [4.78, 5) is 10.5. The smallest absolute Gasteiger partial charge is 0.293 e. The van der Waals surface area contributed by atoms with Gasteiger partial charge in [0.15, 0.2) is 9.84 Å². The van der Waals surface area contributed by atoms with E-state index in [2.05, 4.69) is 10.6 Å². The van der Waals surface area contributed by atoms with Gasteiger partial charge in [-0.05, 0) is 37.9 Å². The van der Waals surface area contributed by atoms with Crippen molar-refractivity contribution in [1.29, 1.82) is 0 Å². The van der Waals surface area contributed by atoms with Gasteiger partial charge < -0.3 is 10.6 Å². The zero-order chi connectivity index (χ0) is 15.5. The number of benzene rings is 1. The van der Waals surface area contributed by atoms with E-state index in [1.807, 2.05) is 0 Å². The third kappa shape index (κ3) is 4.15. The molecule has 1 saturated heterocycles. The molecule has 8 heteroatoms. The van der Waals surface area contributed by atoms with Gasteiger partial charge in [-0.15, -0.1) is 0 Å². The van der Waals surface area contributed by atoms with Crippen LogP contribution in [0.5, 0.6) is 0 Å². The number of nitrogens with zero attached hydrogens (tertiary/aromatic N) is 1. The topological polar surface area (TPSA) is 101 Å². The highest BCUT2D eigenvalue weighted by Gasteiger charge is 2.19. The van der Waals surface area contributed by atoms with E-state index < -0.39 is 14.8 Å². The fraction of sp³-hybridized carbons (Fsp3) is 0.538. The van der Waals surface area contributed by atoms with Gasteiger partial charge in [0.1, 0.15) is 5.69 Å². The van der Waals surface area contributed by atoms with Gasteiger partial charge in [-0.25, -0.2) is 8.42 Å². The third-order valence-electron chi connectivity index (χ3n) is 3.56. The van der Waals surface area contributed by atoms with Crippen molar-refractivity contribution >= 4 is 21.2 Å². The molecule has 1 aromatic carbocycles. The number of hydrogen-bond acceptors (Lipinski definition) is 6. The van der Waals surface area contributed by atoms with Gasteiger partial charge >= 0.3 is 0 Å². The molecule has 7 nitrogen and oxygen atoms in total. The Hall–Kier alpha value is -1.67. The minimum Gasteiger partial charge on any atom is -0.379 e. The lowest BCUT2D eigenvalue weighted by molar-refractivity contribution is -0.384. The molecule has 0 bridgehead atoms. The Morgan fingerprint density at radius 3 is 2.81 bits per heavy atom. The van der Waals surface area contributed by atoms with Gasteiger partial charge in [-0.1, -0.05) is 0 Å². The van der Waals surface area contributed by atoms with Gasteiger partial charge in [0.2, 0.25) is 0 Å². The number of sulfone groups is 1. The number of nitro groups is 1. The summed E-state index contributed by atoms with van der Waals surface area (Å²) in [6.07, 6.45) is 4.20. The van der Waals surface area contributed by atoms with Crippen molar-refractivity contribution in [1.82, 2.24) is 5.32 Å². The molecule has 1 fully saturated rings. The predicted octanol–water partition coefficient (Wildman–Crippen LogP) is 1.55. The molecule has 2 N–H and O–H groups in total. The van der Waals surface area contributed by atoms with Crippen molar-refractivity contribution in [2.75, 3.05) is 24.7 Å². The van der Waals surface area contributed by atoms with E-state index in [0.717, 1.165) is 38.1 Å². The molecule has 0 amide bonds. The fourth-order valence-corrected chi connectivity index (χ4v) is 3.07. The fourth-order valence-electron chi connectivity index (χ4n) is 2.43. The van der Waals surface area contributed by atoms with Crippen molar-refractivity contribution in [3.05, 3.63) is 28.3 Å². The quantitative estimate of drug-likeness (QED) is 0.610. The Morgan fingerprint density at radius 2 is 2.24 bits per heavy atom. The van der Waals surface area contributed by atoms with Gasteiger partial charge in [-0.3, -0.25) is 10.1 Å². The molecule has 1 heterocycles. The minimum atomic E-state index is -3.45. The molecule has 0 aromatic heterocycles. The molecule has 2 rings (SSSR count). The highest BCUT2D eigenvalue weighted by atomic mass is 32.2. The lowest BCUT2D eigenvalue weighted by Crippen LogP contribution is -2.24. The van der Waals surface area contributed by atoms with Crippen LogP contribution in [0.4, 0.5) is 11.4 Å². The molecule has 1 aliphatic heterocycles. The van der Waals surface area contributed by atoms with Gasteiger partial charge in [0.25, 0.3) is 5.69 Å².